The molecule has 0 aromatic carbocycles. The number of aryl methyl sites for hydroxylation is 1. The maximum Gasteiger partial charge on any atom is 0.232 e. The third-order valence-corrected chi connectivity index (χ3v) is 5.36. The normalized spacial score (nSPS) is 13.3. The van der Waals surface area contributed by atoms with Crippen LogP contribution in [0.4, 0.5) is 17.6 Å². The number of imidazole rings is 1. The number of rotatable bonds is 11. The Labute approximate surface area is 177 Å². The molecule has 0 amide bonds. The molecular weight excluding hydrogens is 378 g/mol. The Bertz CT molecular complexity index is 984. The predicted molar refractivity (Wildman–Crippen MR) is 119 cm³/mol. The Morgan fingerprint density at radius 2 is 2.20 bits per heavy atom. The van der Waals surface area contributed by atoms with Gasteiger partial charge in [0.2, 0.25) is 5.95 Å². The summed E-state index contributed by atoms with van der Waals surface area (Å²) in [7, 11) is 0. The molecule has 0 radical (unpaired) electrons. The number of hydrogen-bond donors (Lipinski definition) is 3. The summed E-state index contributed by atoms with van der Waals surface area (Å²) in [6.45, 7) is 10.2. The van der Waals surface area contributed by atoms with Crippen molar-refractivity contribution < 1.29 is 0 Å². The fraction of sp³-hybridized carbons (Fsp3) is 0.524. The van der Waals surface area contributed by atoms with Gasteiger partial charge in [-0.1, -0.05) is 13.8 Å². The number of aromatic nitrogens is 5. The number of nitrogens with one attached hydrogen (secondary N) is 3. The lowest BCUT2D eigenvalue weighted by Gasteiger charge is -2.30. The molecule has 0 bridgehead atoms. The summed E-state index contributed by atoms with van der Waals surface area (Å²) in [6.07, 6.45) is 4.24. The number of nitriles is 1. The van der Waals surface area contributed by atoms with Crippen LogP contribution in [0.3, 0.4) is 0 Å². The van der Waals surface area contributed by atoms with E-state index in [4.69, 9.17) is 10.2 Å². The molecule has 3 aromatic rings. The molecule has 9 heteroatoms. The van der Waals surface area contributed by atoms with E-state index in [0.717, 1.165) is 43.0 Å². The van der Waals surface area contributed by atoms with E-state index < -0.39 is 0 Å². The van der Waals surface area contributed by atoms with Gasteiger partial charge in [0.25, 0.3) is 0 Å². The van der Waals surface area contributed by atoms with Gasteiger partial charge in [-0.2, -0.15) is 25.0 Å². The highest BCUT2D eigenvalue weighted by Gasteiger charge is 2.20. The van der Waals surface area contributed by atoms with E-state index in [1.165, 1.54) is 0 Å². The van der Waals surface area contributed by atoms with E-state index in [0.29, 0.717) is 24.2 Å². The van der Waals surface area contributed by atoms with Crippen LogP contribution in [-0.4, -0.2) is 54.9 Å². The number of hydrogen-bond acceptors (Lipinski definition) is 7. The summed E-state index contributed by atoms with van der Waals surface area (Å²) in [4.78, 5) is 7.13. The summed E-state index contributed by atoms with van der Waals surface area (Å²) in [5.41, 5.74) is 1.89. The molecule has 9 nitrogen and oxygen atoms in total. The van der Waals surface area contributed by atoms with Gasteiger partial charge >= 0.3 is 0 Å². The lowest BCUT2D eigenvalue weighted by molar-refractivity contribution is 0.207. The predicted octanol–water partition coefficient (Wildman–Crippen LogP) is 3.71. The highest BCUT2D eigenvalue weighted by molar-refractivity contribution is 5.73. The van der Waals surface area contributed by atoms with Gasteiger partial charge in [-0.25, -0.2) is 0 Å². The smallest absolute Gasteiger partial charge is 0.232 e. The summed E-state index contributed by atoms with van der Waals surface area (Å²) in [5, 5.41) is 27.4. The maximum atomic E-state index is 8.91. The van der Waals surface area contributed by atoms with Crippen molar-refractivity contribution in [1.82, 2.24) is 29.7 Å². The van der Waals surface area contributed by atoms with Gasteiger partial charge in [-0.3, -0.25) is 10.00 Å². The van der Waals surface area contributed by atoms with Crippen molar-refractivity contribution in [2.24, 2.45) is 0 Å². The molecule has 3 aromatic heterocycles. The first-order chi connectivity index (χ1) is 14.5. The van der Waals surface area contributed by atoms with Crippen LogP contribution in [0, 0.1) is 18.3 Å². The molecule has 0 unspecified atom stereocenters. The van der Waals surface area contributed by atoms with Crippen molar-refractivity contribution in [3.63, 3.8) is 0 Å². The van der Waals surface area contributed by atoms with Gasteiger partial charge in [0.15, 0.2) is 11.6 Å². The largest absolute Gasteiger partial charge is 0.365 e. The summed E-state index contributed by atoms with van der Waals surface area (Å²) in [6, 6.07) is 8.72. The van der Waals surface area contributed by atoms with Gasteiger partial charge in [0.05, 0.1) is 6.07 Å². The standard InChI is InChI=1S/C21H31N9/c1-5-17(14-16(4)29(6-2)12-8-10-22)24-20-18-9-7-11-23-30(18)21(26-20)25-19-13-15(3)27-28-19/h7,9,11,13,16-17,24H,5-6,8,12,14H2,1-4H3,(H2,25,26,27,28)/t16-,17+/m1/s1. The Balaban J connectivity index is 1.77. The van der Waals surface area contributed by atoms with Crippen molar-refractivity contribution in [2.45, 2.75) is 59.0 Å². The molecule has 3 N–H and O–H groups in total. The third-order valence-electron chi connectivity index (χ3n) is 5.36. The maximum absolute atomic E-state index is 8.91. The Morgan fingerprint density at radius 3 is 2.87 bits per heavy atom. The van der Waals surface area contributed by atoms with Crippen molar-refractivity contribution in [2.75, 3.05) is 23.7 Å². The Hall–Kier alpha value is -3.12. The van der Waals surface area contributed by atoms with E-state index in [-0.39, 0.29) is 6.04 Å². The first kappa shape index (κ1) is 21.6. The second-order valence-corrected chi connectivity index (χ2v) is 7.54. The first-order valence-corrected chi connectivity index (χ1v) is 10.6. The number of fused-ring (bicyclic) bond motifs is 1. The molecule has 3 heterocycles. The highest BCUT2D eigenvalue weighted by Crippen LogP contribution is 2.24. The number of anilines is 3. The molecule has 0 saturated heterocycles. The fourth-order valence-electron chi connectivity index (χ4n) is 3.68. The minimum absolute atomic E-state index is 0.260. The van der Waals surface area contributed by atoms with Crippen LogP contribution in [0.1, 0.15) is 45.7 Å². The zero-order chi connectivity index (χ0) is 21.5. The van der Waals surface area contributed by atoms with Crippen LogP contribution < -0.4 is 10.6 Å². The van der Waals surface area contributed by atoms with Crippen molar-refractivity contribution in [3.05, 3.63) is 30.1 Å². The zero-order valence-electron chi connectivity index (χ0n) is 18.2. The number of aromatic amines is 1. The lowest BCUT2D eigenvalue weighted by atomic mass is 10.0. The molecule has 0 fully saturated rings. The quantitative estimate of drug-likeness (QED) is 0.443. The Kier molecular flexibility index (Phi) is 7.25. The minimum Gasteiger partial charge on any atom is -0.365 e. The van der Waals surface area contributed by atoms with Crippen LogP contribution in [0.15, 0.2) is 24.4 Å². The van der Waals surface area contributed by atoms with E-state index in [1.54, 1.807) is 10.7 Å². The van der Waals surface area contributed by atoms with Crippen molar-refractivity contribution in [1.29, 1.82) is 5.26 Å². The van der Waals surface area contributed by atoms with E-state index in [1.807, 2.05) is 25.1 Å². The van der Waals surface area contributed by atoms with E-state index in [9.17, 15) is 0 Å². The molecule has 0 spiro atoms. The highest BCUT2D eigenvalue weighted by atomic mass is 15.4. The van der Waals surface area contributed by atoms with Crippen molar-refractivity contribution in [3.8, 4) is 6.07 Å². The molecule has 3 rings (SSSR count). The average molecular weight is 410 g/mol. The van der Waals surface area contributed by atoms with Gasteiger partial charge < -0.3 is 10.6 Å². The second kappa shape index (κ2) is 10.1. The second-order valence-electron chi connectivity index (χ2n) is 7.54. The average Bonchev–Trinajstić information content (AvgIpc) is 3.31. The molecule has 0 aliphatic heterocycles. The number of nitrogens with zero attached hydrogens (tertiary/aromatic N) is 6. The monoisotopic (exact) mass is 409 g/mol. The van der Waals surface area contributed by atoms with E-state index >= 15 is 0 Å². The SMILES string of the molecule is CC[C@@H](C[C@@H](C)N(CC)CCC#N)Nc1nc(Nc2cc(C)[nH]n2)n2ncccc12. The topological polar surface area (TPSA) is 110 Å². The molecule has 0 aliphatic rings. The minimum atomic E-state index is 0.260. The van der Waals surface area contributed by atoms with Gasteiger partial charge in [0, 0.05) is 43.0 Å². The van der Waals surface area contributed by atoms with Crippen LogP contribution >= 0.6 is 0 Å². The van der Waals surface area contributed by atoms with Crippen LogP contribution in [0.2, 0.25) is 0 Å². The summed E-state index contributed by atoms with van der Waals surface area (Å²) >= 11 is 0. The van der Waals surface area contributed by atoms with Crippen LogP contribution in [0.25, 0.3) is 5.52 Å². The van der Waals surface area contributed by atoms with Gasteiger partial charge in [-0.05, 0) is 45.4 Å². The third kappa shape index (κ3) is 5.07. The summed E-state index contributed by atoms with van der Waals surface area (Å²) in [5.74, 6) is 2.12. The van der Waals surface area contributed by atoms with Crippen LogP contribution in [0.5, 0.6) is 0 Å². The first-order valence-electron chi connectivity index (χ1n) is 10.6. The molecule has 2 atom stereocenters. The molecule has 0 aliphatic carbocycles. The molecule has 160 valence electrons. The fourth-order valence-corrected chi connectivity index (χ4v) is 3.68. The van der Waals surface area contributed by atoms with E-state index in [2.05, 4.69) is 57.7 Å². The van der Waals surface area contributed by atoms with Gasteiger partial charge in [-0.15, -0.1) is 0 Å². The molecular formula is C21H31N9. The molecule has 30 heavy (non-hydrogen) atoms. The number of H-pyrrole nitrogens is 1. The molecule has 0 saturated carbocycles. The summed E-state index contributed by atoms with van der Waals surface area (Å²) < 4.78 is 1.79. The zero-order valence-corrected chi connectivity index (χ0v) is 18.2. The van der Waals surface area contributed by atoms with Gasteiger partial charge in [0.1, 0.15) is 5.52 Å². The Morgan fingerprint density at radius 1 is 1.37 bits per heavy atom. The lowest BCUT2D eigenvalue weighted by Crippen LogP contribution is -2.37. The van der Waals surface area contributed by atoms with Crippen LogP contribution in [-0.2, 0) is 0 Å². The van der Waals surface area contributed by atoms with Crippen molar-refractivity contribution >= 4 is 23.1 Å².